The predicted molar refractivity (Wildman–Crippen MR) is 98.8 cm³/mol. The molecule has 1 unspecified atom stereocenters. The van der Waals surface area contributed by atoms with Crippen molar-refractivity contribution in [2.75, 3.05) is 32.7 Å². The number of carbonyl (C=O) groups is 3. The van der Waals surface area contributed by atoms with E-state index < -0.39 is 0 Å². The van der Waals surface area contributed by atoms with Crippen LogP contribution in [0.5, 0.6) is 0 Å². The number of carbonyl (C=O) groups excluding carboxylic acids is 3. The van der Waals surface area contributed by atoms with Crippen LogP contribution in [-0.2, 0) is 9.59 Å². The van der Waals surface area contributed by atoms with Crippen LogP contribution in [-0.4, -0.2) is 66.2 Å². The lowest BCUT2D eigenvalue weighted by molar-refractivity contribution is -0.133. The first-order chi connectivity index (χ1) is 12.0. The Morgan fingerprint density at radius 3 is 2.52 bits per heavy atom. The van der Waals surface area contributed by atoms with Crippen LogP contribution >= 0.6 is 11.3 Å². The molecule has 1 N–H and O–H groups in total. The average molecular weight is 365 g/mol. The quantitative estimate of drug-likeness (QED) is 0.713. The van der Waals surface area contributed by atoms with Gasteiger partial charge in [0.25, 0.3) is 0 Å². The number of nitrogens with zero attached hydrogens (tertiary/aromatic N) is 2. The molecule has 0 aromatic carbocycles. The van der Waals surface area contributed by atoms with E-state index in [1.807, 2.05) is 25.3 Å². The molecular weight excluding hydrogens is 338 g/mol. The zero-order valence-electron chi connectivity index (χ0n) is 15.0. The number of piperazine rings is 1. The fourth-order valence-electron chi connectivity index (χ4n) is 2.72. The highest BCUT2D eigenvalue weighted by Gasteiger charge is 2.23. The van der Waals surface area contributed by atoms with Gasteiger partial charge in [0, 0.05) is 45.1 Å². The minimum absolute atomic E-state index is 0.0219. The summed E-state index contributed by atoms with van der Waals surface area (Å²) >= 11 is 1.41. The molecule has 7 heteroatoms. The lowest BCUT2D eigenvalue weighted by atomic mass is 10.1. The second kappa shape index (κ2) is 9.68. The molecule has 2 rings (SSSR count). The number of amides is 2. The van der Waals surface area contributed by atoms with Gasteiger partial charge in [0.15, 0.2) is 5.78 Å². The first-order valence-corrected chi connectivity index (χ1v) is 9.73. The summed E-state index contributed by atoms with van der Waals surface area (Å²) in [6, 6.07) is 3.83. The van der Waals surface area contributed by atoms with E-state index in [2.05, 4.69) is 10.2 Å². The van der Waals surface area contributed by atoms with Gasteiger partial charge in [-0.15, -0.1) is 11.3 Å². The zero-order valence-corrected chi connectivity index (χ0v) is 15.8. The molecule has 0 saturated carbocycles. The Bertz CT molecular complexity index is 580. The van der Waals surface area contributed by atoms with Gasteiger partial charge in [-0.3, -0.25) is 19.3 Å². The maximum absolute atomic E-state index is 12.3. The molecule has 1 aliphatic heterocycles. The number of hydrogen-bond acceptors (Lipinski definition) is 5. The molecule has 0 bridgehead atoms. The molecule has 2 heterocycles. The summed E-state index contributed by atoms with van der Waals surface area (Å²) in [4.78, 5) is 40.7. The Morgan fingerprint density at radius 1 is 1.20 bits per heavy atom. The number of ketones is 1. The van der Waals surface area contributed by atoms with Crippen LogP contribution in [0.1, 0.15) is 42.8 Å². The fourth-order valence-corrected chi connectivity index (χ4v) is 3.41. The van der Waals surface area contributed by atoms with Crippen molar-refractivity contribution in [3.05, 3.63) is 22.4 Å². The Morgan fingerprint density at radius 2 is 1.92 bits per heavy atom. The van der Waals surface area contributed by atoms with E-state index in [9.17, 15) is 14.4 Å². The Kier molecular flexibility index (Phi) is 7.58. The van der Waals surface area contributed by atoms with Crippen LogP contribution in [0.4, 0.5) is 0 Å². The lowest BCUT2D eigenvalue weighted by Crippen LogP contribution is -2.51. The summed E-state index contributed by atoms with van der Waals surface area (Å²) in [5, 5.41) is 4.83. The monoisotopic (exact) mass is 365 g/mol. The molecule has 0 radical (unpaired) electrons. The molecule has 138 valence electrons. The molecule has 0 aliphatic carbocycles. The molecule has 1 fully saturated rings. The number of thiophene rings is 1. The van der Waals surface area contributed by atoms with Crippen molar-refractivity contribution in [1.82, 2.24) is 15.1 Å². The Balaban J connectivity index is 1.68. The summed E-state index contributed by atoms with van der Waals surface area (Å²) in [5.74, 6) is 0.0907. The zero-order chi connectivity index (χ0) is 18.2. The average Bonchev–Trinajstić information content (AvgIpc) is 3.14. The van der Waals surface area contributed by atoms with E-state index in [0.717, 1.165) is 6.42 Å². The molecule has 6 nitrogen and oxygen atoms in total. The molecule has 1 aromatic rings. The summed E-state index contributed by atoms with van der Waals surface area (Å²) in [7, 11) is 0. The standard InChI is InChI=1S/C18H27N3O3S/c1-3-14(2)19-17(23)13-20-8-10-21(11-9-20)18(24)7-6-15(22)16-5-4-12-25-16/h4-5,12,14H,3,6-11,13H2,1-2H3,(H,19,23). The van der Waals surface area contributed by atoms with Gasteiger partial charge in [-0.25, -0.2) is 0 Å². The van der Waals surface area contributed by atoms with Gasteiger partial charge in [-0.1, -0.05) is 13.0 Å². The third kappa shape index (κ3) is 6.25. The third-order valence-electron chi connectivity index (χ3n) is 4.47. The second-order valence-corrected chi connectivity index (χ2v) is 7.38. The van der Waals surface area contributed by atoms with Gasteiger partial charge in [0.05, 0.1) is 11.4 Å². The number of Topliss-reactive ketones (excluding diaryl/α,β-unsaturated/α-hetero) is 1. The van der Waals surface area contributed by atoms with Crippen LogP contribution in [0.25, 0.3) is 0 Å². The maximum Gasteiger partial charge on any atom is 0.234 e. The summed E-state index contributed by atoms with van der Waals surface area (Å²) in [5.41, 5.74) is 0. The van der Waals surface area contributed by atoms with Crippen LogP contribution in [0.2, 0.25) is 0 Å². The Labute approximate surface area is 153 Å². The summed E-state index contributed by atoms with van der Waals surface area (Å²) in [6.45, 7) is 7.02. The van der Waals surface area contributed by atoms with Crippen molar-refractivity contribution in [2.45, 2.75) is 39.2 Å². The first-order valence-electron chi connectivity index (χ1n) is 8.85. The molecule has 1 aliphatic rings. The van der Waals surface area contributed by atoms with Gasteiger partial charge >= 0.3 is 0 Å². The van der Waals surface area contributed by atoms with Crippen molar-refractivity contribution in [3.63, 3.8) is 0 Å². The largest absolute Gasteiger partial charge is 0.353 e. The smallest absolute Gasteiger partial charge is 0.234 e. The van der Waals surface area contributed by atoms with Crippen LogP contribution < -0.4 is 5.32 Å². The summed E-state index contributed by atoms with van der Waals surface area (Å²) in [6.07, 6.45) is 1.43. The third-order valence-corrected chi connectivity index (χ3v) is 5.38. The van der Waals surface area contributed by atoms with Crippen LogP contribution in [0, 0.1) is 0 Å². The topological polar surface area (TPSA) is 69.7 Å². The number of hydrogen-bond donors (Lipinski definition) is 1. The van der Waals surface area contributed by atoms with Gasteiger partial charge in [0.1, 0.15) is 0 Å². The highest BCUT2D eigenvalue weighted by atomic mass is 32.1. The van der Waals surface area contributed by atoms with Gasteiger partial charge in [-0.2, -0.15) is 0 Å². The Hall–Kier alpha value is -1.73. The predicted octanol–water partition coefficient (Wildman–Crippen LogP) is 1.77. The van der Waals surface area contributed by atoms with Crippen molar-refractivity contribution in [1.29, 1.82) is 0 Å². The highest BCUT2D eigenvalue weighted by Crippen LogP contribution is 2.13. The lowest BCUT2D eigenvalue weighted by Gasteiger charge is -2.34. The summed E-state index contributed by atoms with van der Waals surface area (Å²) < 4.78 is 0. The normalized spacial score (nSPS) is 16.5. The first kappa shape index (κ1) is 19.6. The second-order valence-electron chi connectivity index (χ2n) is 6.43. The molecule has 1 saturated heterocycles. The van der Waals surface area contributed by atoms with Gasteiger partial charge in [-0.05, 0) is 24.8 Å². The van der Waals surface area contributed by atoms with Crippen LogP contribution in [0.15, 0.2) is 17.5 Å². The minimum Gasteiger partial charge on any atom is -0.353 e. The van der Waals surface area contributed by atoms with Crippen LogP contribution in [0.3, 0.4) is 0 Å². The van der Waals surface area contributed by atoms with Crippen molar-refractivity contribution < 1.29 is 14.4 Å². The molecular formula is C18H27N3O3S. The number of rotatable bonds is 8. The number of nitrogens with one attached hydrogen (secondary N) is 1. The van der Waals surface area contributed by atoms with E-state index in [-0.39, 0.29) is 36.5 Å². The maximum atomic E-state index is 12.3. The van der Waals surface area contributed by atoms with E-state index in [1.54, 1.807) is 11.0 Å². The van der Waals surface area contributed by atoms with Crippen molar-refractivity contribution in [2.24, 2.45) is 0 Å². The minimum atomic E-state index is 0.0219. The van der Waals surface area contributed by atoms with E-state index in [4.69, 9.17) is 0 Å². The van der Waals surface area contributed by atoms with E-state index in [0.29, 0.717) is 37.6 Å². The SMILES string of the molecule is CCC(C)NC(=O)CN1CCN(C(=O)CCC(=O)c2cccs2)CC1. The van der Waals surface area contributed by atoms with Crippen molar-refractivity contribution >= 4 is 28.9 Å². The molecule has 1 atom stereocenters. The van der Waals surface area contributed by atoms with Gasteiger partial charge < -0.3 is 10.2 Å². The fraction of sp³-hybridized carbons (Fsp3) is 0.611. The molecule has 2 amide bonds. The van der Waals surface area contributed by atoms with Crippen molar-refractivity contribution in [3.8, 4) is 0 Å². The molecule has 25 heavy (non-hydrogen) atoms. The molecule has 0 spiro atoms. The highest BCUT2D eigenvalue weighted by molar-refractivity contribution is 7.12. The van der Waals surface area contributed by atoms with Gasteiger partial charge in [0.2, 0.25) is 11.8 Å². The molecule has 1 aromatic heterocycles. The van der Waals surface area contributed by atoms with E-state index >= 15 is 0 Å². The van der Waals surface area contributed by atoms with E-state index in [1.165, 1.54) is 11.3 Å².